The molecule has 1 N–H and O–H groups in total. The molecule has 0 amide bonds. The lowest BCUT2D eigenvalue weighted by molar-refractivity contribution is -0.252. The molecule has 13 heteroatoms. The Morgan fingerprint density at radius 2 is 1.89 bits per heavy atom. The number of allylic oxidation sites excluding steroid dienone is 3. The van der Waals surface area contributed by atoms with Crippen LogP contribution in [0.5, 0.6) is 0 Å². The van der Waals surface area contributed by atoms with Crippen molar-refractivity contribution in [1.82, 2.24) is 13.5 Å². The summed E-state index contributed by atoms with van der Waals surface area (Å²) in [5.41, 5.74) is -2.45. The lowest BCUT2D eigenvalue weighted by Crippen LogP contribution is -2.46. The maximum atomic E-state index is 15.4. The molecule has 0 radical (unpaired) electrons. The summed E-state index contributed by atoms with van der Waals surface area (Å²) >= 11 is 0. The van der Waals surface area contributed by atoms with Gasteiger partial charge < -0.3 is 14.4 Å². The normalized spacial score (nSPS) is 18.8. The van der Waals surface area contributed by atoms with Gasteiger partial charge in [0.05, 0.1) is 28.2 Å². The molecule has 0 saturated heterocycles. The highest BCUT2D eigenvalue weighted by molar-refractivity contribution is 7.91. The fourth-order valence-electron chi connectivity index (χ4n) is 6.02. The molecular weight excluding hydrogens is 646 g/mol. The van der Waals surface area contributed by atoms with Crippen molar-refractivity contribution in [2.24, 2.45) is 0 Å². The quantitative estimate of drug-likeness (QED) is 0.137. The number of aliphatic hydroxyl groups is 1. The van der Waals surface area contributed by atoms with Crippen molar-refractivity contribution >= 4 is 40.0 Å². The van der Waals surface area contributed by atoms with Gasteiger partial charge in [0.2, 0.25) is 15.6 Å². The first-order valence-corrected chi connectivity index (χ1v) is 20.5. The van der Waals surface area contributed by atoms with Crippen LogP contribution < -0.4 is 0 Å². The van der Waals surface area contributed by atoms with Crippen LogP contribution in [-0.2, 0) is 27.1 Å². The Morgan fingerprint density at radius 3 is 2.53 bits per heavy atom. The Labute approximate surface area is 273 Å². The van der Waals surface area contributed by atoms with Crippen molar-refractivity contribution < 1.29 is 31.4 Å². The number of hydrogen-bond donors (Lipinski definition) is 1. The van der Waals surface area contributed by atoms with Gasteiger partial charge >= 0.3 is 6.18 Å². The van der Waals surface area contributed by atoms with E-state index >= 15 is 13.2 Å². The molecular formula is C34H39F3N4O4SSi. The molecule has 4 aromatic rings. The summed E-state index contributed by atoms with van der Waals surface area (Å²) in [4.78, 5) is 4.28. The van der Waals surface area contributed by atoms with Crippen molar-refractivity contribution in [2.45, 2.75) is 82.6 Å². The van der Waals surface area contributed by atoms with E-state index in [1.54, 1.807) is 26.0 Å². The molecule has 2 aromatic heterocycles. The summed E-state index contributed by atoms with van der Waals surface area (Å²) in [6, 6.07) is 10.9. The van der Waals surface area contributed by atoms with Crippen molar-refractivity contribution in [3.8, 4) is 6.07 Å². The Balaban J connectivity index is 1.74. The Morgan fingerprint density at radius 1 is 1.17 bits per heavy atom. The number of aromatic nitrogens is 3. The number of rotatable bonds is 10. The van der Waals surface area contributed by atoms with Gasteiger partial charge in [-0.1, -0.05) is 62.5 Å². The predicted molar refractivity (Wildman–Crippen MR) is 179 cm³/mol. The number of nitriles is 1. The van der Waals surface area contributed by atoms with Crippen LogP contribution in [0.15, 0.2) is 66.4 Å². The minimum atomic E-state index is -5.30. The van der Waals surface area contributed by atoms with E-state index in [4.69, 9.17) is 4.74 Å². The number of fused-ring (bicyclic) bond motifs is 2. The fourth-order valence-corrected chi connectivity index (χ4v) is 8.54. The molecule has 0 saturated carbocycles. The first kappa shape index (κ1) is 34.6. The molecule has 250 valence electrons. The standard InChI is InChI=1S/C34H39F3N4O4SSi/c1-7-24-9-8-15-32(3,20-24)46(43,44)41-16-14-26-27(12-10-23(2)30(26)41)33(42,34(35,36)37)31-39-28-19-25(21-38)11-13-29(28)40(31)22-45-17-18-47(4,5)6/h8-14,16,19-20,42H,7,15,17-18,22H2,1-6H3. The zero-order valence-corrected chi connectivity index (χ0v) is 29.1. The summed E-state index contributed by atoms with van der Waals surface area (Å²) in [5, 5.41) is 21.4. The highest BCUT2D eigenvalue weighted by atomic mass is 32.2. The molecule has 8 nitrogen and oxygen atoms in total. The van der Waals surface area contributed by atoms with Gasteiger partial charge in [-0.3, -0.25) is 0 Å². The van der Waals surface area contributed by atoms with Gasteiger partial charge in [-0.15, -0.1) is 0 Å². The maximum Gasteiger partial charge on any atom is 0.428 e. The zero-order chi connectivity index (χ0) is 34.6. The number of imidazole rings is 1. The number of ether oxygens (including phenoxy) is 1. The number of nitrogens with zero attached hydrogens (tertiary/aromatic N) is 4. The van der Waals surface area contributed by atoms with Crippen LogP contribution in [-0.4, -0.2) is 52.7 Å². The molecule has 1 aliphatic carbocycles. The Kier molecular flexibility index (Phi) is 8.89. The van der Waals surface area contributed by atoms with Gasteiger partial charge in [0, 0.05) is 31.8 Å². The predicted octanol–water partition coefficient (Wildman–Crippen LogP) is 7.51. The smallest absolute Gasteiger partial charge is 0.370 e. The number of hydrogen-bond acceptors (Lipinski definition) is 6. The van der Waals surface area contributed by atoms with Gasteiger partial charge in [-0.25, -0.2) is 17.4 Å². The minimum Gasteiger partial charge on any atom is -0.370 e. The Hall–Kier alpha value is -3.70. The largest absolute Gasteiger partial charge is 0.428 e. The van der Waals surface area contributed by atoms with E-state index in [1.807, 2.05) is 19.1 Å². The third-order valence-corrected chi connectivity index (χ3v) is 12.8. The van der Waals surface area contributed by atoms with Crippen LogP contribution in [0.1, 0.15) is 49.2 Å². The van der Waals surface area contributed by atoms with Gasteiger partial charge in [0.1, 0.15) is 11.5 Å². The second-order valence-corrected chi connectivity index (χ2v) is 21.4. The van der Waals surface area contributed by atoms with E-state index in [1.165, 1.54) is 47.2 Å². The molecule has 47 heavy (non-hydrogen) atoms. The SMILES string of the molecule is CCC1=CC(C)(S(=O)(=O)n2ccc3c(C(O)(c4nc5cc(C#N)ccc5n4COCC[Si](C)(C)C)C(F)(F)F)ccc(C)c32)CC=C1. The molecule has 0 bridgehead atoms. The number of aryl methyl sites for hydroxylation is 1. The first-order valence-electron chi connectivity index (χ1n) is 15.4. The topological polar surface area (TPSA) is 110 Å². The number of halogens is 3. The monoisotopic (exact) mass is 684 g/mol. The summed E-state index contributed by atoms with van der Waals surface area (Å²) < 4.78 is 81.5. The number of benzene rings is 2. The second-order valence-electron chi connectivity index (χ2n) is 13.5. The number of alkyl halides is 3. The molecule has 2 aromatic carbocycles. The van der Waals surface area contributed by atoms with Gasteiger partial charge in [0.15, 0.2) is 5.82 Å². The van der Waals surface area contributed by atoms with Crippen LogP contribution >= 0.6 is 0 Å². The van der Waals surface area contributed by atoms with Crippen molar-refractivity contribution in [3.63, 3.8) is 0 Å². The van der Waals surface area contributed by atoms with E-state index in [-0.39, 0.29) is 40.7 Å². The molecule has 5 rings (SSSR count). The Bertz CT molecular complexity index is 2070. The van der Waals surface area contributed by atoms with Crippen molar-refractivity contribution in [2.75, 3.05) is 6.61 Å². The lowest BCUT2D eigenvalue weighted by Gasteiger charge is -2.32. The van der Waals surface area contributed by atoms with E-state index in [0.717, 1.165) is 15.6 Å². The first-order chi connectivity index (χ1) is 21.9. The van der Waals surface area contributed by atoms with Crippen LogP contribution in [0, 0.1) is 18.3 Å². The van der Waals surface area contributed by atoms with E-state index < -0.39 is 46.0 Å². The van der Waals surface area contributed by atoms with Gasteiger partial charge in [-0.2, -0.15) is 18.4 Å². The maximum absolute atomic E-state index is 15.4. The van der Waals surface area contributed by atoms with E-state index in [9.17, 15) is 18.8 Å². The summed E-state index contributed by atoms with van der Waals surface area (Å²) in [5.74, 6) is -0.747. The van der Waals surface area contributed by atoms with Gasteiger partial charge in [0.25, 0.3) is 0 Å². The van der Waals surface area contributed by atoms with Crippen LogP contribution in [0.2, 0.25) is 25.7 Å². The van der Waals surface area contributed by atoms with Crippen LogP contribution in [0.3, 0.4) is 0 Å². The summed E-state index contributed by atoms with van der Waals surface area (Å²) in [6.45, 7) is 11.6. The average molecular weight is 685 g/mol. The summed E-state index contributed by atoms with van der Waals surface area (Å²) in [7, 11) is -5.70. The zero-order valence-electron chi connectivity index (χ0n) is 27.3. The van der Waals surface area contributed by atoms with Gasteiger partial charge in [-0.05, 0) is 62.6 Å². The van der Waals surface area contributed by atoms with E-state index in [0.29, 0.717) is 18.6 Å². The molecule has 0 fully saturated rings. The third-order valence-electron chi connectivity index (χ3n) is 8.84. The molecule has 2 unspecified atom stereocenters. The van der Waals surface area contributed by atoms with Crippen molar-refractivity contribution in [1.29, 1.82) is 5.26 Å². The van der Waals surface area contributed by atoms with E-state index in [2.05, 4.69) is 24.6 Å². The fraction of sp³-hybridized carbons (Fsp3) is 0.412. The summed E-state index contributed by atoms with van der Waals surface area (Å²) in [6.07, 6.45) is 2.11. The molecule has 0 spiro atoms. The lowest BCUT2D eigenvalue weighted by atomic mass is 9.88. The average Bonchev–Trinajstić information content (AvgIpc) is 3.61. The van der Waals surface area contributed by atoms with Crippen LogP contribution in [0.4, 0.5) is 13.2 Å². The molecule has 2 heterocycles. The molecule has 1 aliphatic rings. The highest BCUT2D eigenvalue weighted by Crippen LogP contribution is 2.48. The second kappa shape index (κ2) is 12.1. The van der Waals surface area contributed by atoms with Crippen LogP contribution in [0.25, 0.3) is 21.9 Å². The molecule has 2 atom stereocenters. The minimum absolute atomic E-state index is 0.0354. The highest BCUT2D eigenvalue weighted by Gasteiger charge is 2.60. The molecule has 0 aliphatic heterocycles. The third kappa shape index (κ3) is 5.97. The van der Waals surface area contributed by atoms with Crippen molar-refractivity contribution in [3.05, 3.63) is 88.9 Å².